The summed E-state index contributed by atoms with van der Waals surface area (Å²) in [6.45, 7) is 3.00. The summed E-state index contributed by atoms with van der Waals surface area (Å²) < 4.78 is 0.433. The van der Waals surface area contributed by atoms with Crippen LogP contribution in [0.25, 0.3) is 11.0 Å². The number of nitrogens with zero attached hydrogens (tertiary/aromatic N) is 5. The van der Waals surface area contributed by atoms with Gasteiger partial charge in [-0.1, -0.05) is 0 Å². The molecule has 138 valence electrons. The first kappa shape index (κ1) is 16.8. The normalized spacial score (nSPS) is 14.4. The highest BCUT2D eigenvalue weighted by Gasteiger charge is 2.16. The van der Waals surface area contributed by atoms with Crippen LogP contribution in [0.5, 0.6) is 0 Å². The number of pyridine rings is 1. The SMILES string of the molecule is O=CN1CCN(c2ccc(Nc3nc(=O)n(O)c4ncccc34)cc2)CC1. The number of amides is 1. The minimum Gasteiger partial charge on any atom is -0.422 e. The number of piperazine rings is 1. The number of hydrogen-bond acceptors (Lipinski definition) is 7. The maximum absolute atomic E-state index is 11.8. The molecule has 0 aliphatic carbocycles. The van der Waals surface area contributed by atoms with Gasteiger partial charge in [0.15, 0.2) is 5.65 Å². The van der Waals surface area contributed by atoms with Gasteiger partial charge in [0.05, 0.1) is 5.39 Å². The number of carbonyl (C=O) groups is 1. The lowest BCUT2D eigenvalue weighted by molar-refractivity contribution is -0.118. The average Bonchev–Trinajstić information content (AvgIpc) is 2.72. The third-order valence-electron chi connectivity index (χ3n) is 4.59. The predicted octanol–water partition coefficient (Wildman–Crippen LogP) is 1.05. The van der Waals surface area contributed by atoms with Gasteiger partial charge in [-0.25, -0.2) is 9.78 Å². The summed E-state index contributed by atoms with van der Waals surface area (Å²) in [5, 5.41) is 13.4. The first-order chi connectivity index (χ1) is 13.2. The molecule has 0 unspecified atom stereocenters. The first-order valence-electron chi connectivity index (χ1n) is 8.54. The Kier molecular flexibility index (Phi) is 4.33. The van der Waals surface area contributed by atoms with Crippen LogP contribution in [0, 0.1) is 0 Å². The molecule has 1 amide bonds. The lowest BCUT2D eigenvalue weighted by Gasteiger charge is -2.34. The Bertz CT molecular complexity index is 1030. The van der Waals surface area contributed by atoms with Gasteiger partial charge < -0.3 is 20.3 Å². The molecule has 0 atom stereocenters. The van der Waals surface area contributed by atoms with E-state index in [-0.39, 0.29) is 5.65 Å². The highest BCUT2D eigenvalue weighted by atomic mass is 16.5. The van der Waals surface area contributed by atoms with Crippen molar-refractivity contribution < 1.29 is 10.0 Å². The van der Waals surface area contributed by atoms with Crippen molar-refractivity contribution in [1.82, 2.24) is 19.6 Å². The number of nitrogens with one attached hydrogen (secondary N) is 1. The number of anilines is 3. The molecule has 27 heavy (non-hydrogen) atoms. The van der Waals surface area contributed by atoms with Crippen molar-refractivity contribution >= 4 is 34.6 Å². The van der Waals surface area contributed by atoms with Gasteiger partial charge in [0.25, 0.3) is 0 Å². The number of hydrogen-bond donors (Lipinski definition) is 2. The molecule has 1 fully saturated rings. The van der Waals surface area contributed by atoms with Crippen molar-refractivity contribution in [2.24, 2.45) is 0 Å². The summed E-state index contributed by atoms with van der Waals surface area (Å²) in [7, 11) is 0. The van der Waals surface area contributed by atoms with Crippen LogP contribution in [0.3, 0.4) is 0 Å². The van der Waals surface area contributed by atoms with Crippen LogP contribution in [0.15, 0.2) is 47.4 Å². The Labute approximate surface area is 154 Å². The van der Waals surface area contributed by atoms with Gasteiger partial charge in [0, 0.05) is 43.8 Å². The smallest absolute Gasteiger partial charge is 0.384 e. The molecule has 0 radical (unpaired) electrons. The molecule has 1 aliphatic heterocycles. The molecule has 2 N–H and O–H groups in total. The van der Waals surface area contributed by atoms with Gasteiger partial charge >= 0.3 is 5.69 Å². The molecule has 1 saturated heterocycles. The van der Waals surface area contributed by atoms with Gasteiger partial charge in [-0.3, -0.25) is 4.79 Å². The second-order valence-electron chi connectivity index (χ2n) is 6.23. The zero-order valence-electron chi connectivity index (χ0n) is 14.4. The van der Waals surface area contributed by atoms with E-state index in [0.29, 0.717) is 29.0 Å². The number of fused-ring (bicyclic) bond motifs is 1. The van der Waals surface area contributed by atoms with Crippen molar-refractivity contribution in [1.29, 1.82) is 0 Å². The van der Waals surface area contributed by atoms with Crippen LogP contribution in [0.2, 0.25) is 0 Å². The first-order valence-corrected chi connectivity index (χ1v) is 8.54. The predicted molar refractivity (Wildman–Crippen MR) is 101 cm³/mol. The number of benzene rings is 1. The minimum absolute atomic E-state index is 0.143. The van der Waals surface area contributed by atoms with Crippen molar-refractivity contribution in [3.05, 3.63) is 53.1 Å². The van der Waals surface area contributed by atoms with Gasteiger partial charge in [-0.2, -0.15) is 4.98 Å². The van der Waals surface area contributed by atoms with E-state index in [1.54, 1.807) is 17.0 Å². The van der Waals surface area contributed by atoms with E-state index in [4.69, 9.17) is 0 Å². The van der Waals surface area contributed by atoms with Gasteiger partial charge in [-0.15, -0.1) is 4.73 Å². The van der Waals surface area contributed by atoms with Crippen LogP contribution in [-0.4, -0.2) is 57.4 Å². The molecule has 1 aliphatic rings. The molecule has 3 aromatic rings. The lowest BCUT2D eigenvalue weighted by Crippen LogP contribution is -2.45. The van der Waals surface area contributed by atoms with E-state index in [2.05, 4.69) is 20.2 Å². The van der Waals surface area contributed by atoms with E-state index < -0.39 is 5.69 Å². The van der Waals surface area contributed by atoms with Crippen molar-refractivity contribution in [2.75, 3.05) is 36.4 Å². The van der Waals surface area contributed by atoms with Crippen LogP contribution in [0.1, 0.15) is 0 Å². The van der Waals surface area contributed by atoms with E-state index in [1.807, 2.05) is 24.3 Å². The molecule has 2 aromatic heterocycles. The summed E-state index contributed by atoms with van der Waals surface area (Å²) in [5.41, 5.74) is 1.17. The van der Waals surface area contributed by atoms with E-state index in [1.165, 1.54) is 6.20 Å². The second kappa shape index (κ2) is 6.94. The van der Waals surface area contributed by atoms with Gasteiger partial charge in [-0.05, 0) is 36.4 Å². The third-order valence-corrected chi connectivity index (χ3v) is 4.59. The summed E-state index contributed by atoms with van der Waals surface area (Å²) in [6.07, 6.45) is 2.38. The quantitative estimate of drug-likeness (QED) is 0.525. The number of rotatable bonds is 4. The molecule has 9 heteroatoms. The topological polar surface area (TPSA) is 104 Å². The summed E-state index contributed by atoms with van der Waals surface area (Å²) in [4.78, 5) is 34.5. The highest BCUT2D eigenvalue weighted by Crippen LogP contribution is 2.24. The summed E-state index contributed by atoms with van der Waals surface area (Å²) >= 11 is 0. The zero-order valence-corrected chi connectivity index (χ0v) is 14.4. The maximum atomic E-state index is 11.8. The second-order valence-corrected chi connectivity index (χ2v) is 6.23. The van der Waals surface area contributed by atoms with Gasteiger partial charge in [0.1, 0.15) is 5.82 Å². The van der Waals surface area contributed by atoms with Crippen LogP contribution in [0.4, 0.5) is 17.2 Å². The molecule has 3 heterocycles. The Balaban J connectivity index is 1.56. The lowest BCUT2D eigenvalue weighted by atomic mass is 10.2. The van der Waals surface area contributed by atoms with Gasteiger partial charge in [0.2, 0.25) is 6.41 Å². The molecular weight excluding hydrogens is 348 g/mol. The largest absolute Gasteiger partial charge is 0.422 e. The average molecular weight is 366 g/mol. The molecule has 4 rings (SSSR count). The standard InChI is InChI=1S/C18H18N6O3/c25-12-22-8-10-23(11-9-22)14-5-3-13(4-6-14)20-16-15-2-1-7-19-17(15)24(27)18(26)21-16/h1-7,12,27H,8-11H2,(H,20,21,26). The maximum Gasteiger partial charge on any atom is 0.384 e. The van der Waals surface area contributed by atoms with E-state index >= 15 is 0 Å². The highest BCUT2D eigenvalue weighted by molar-refractivity contribution is 5.88. The Hall–Kier alpha value is -3.62. The Morgan fingerprint density at radius 3 is 2.52 bits per heavy atom. The molecule has 0 bridgehead atoms. The molecule has 0 saturated carbocycles. The van der Waals surface area contributed by atoms with Crippen molar-refractivity contribution in [3.63, 3.8) is 0 Å². The van der Waals surface area contributed by atoms with Crippen molar-refractivity contribution in [3.8, 4) is 0 Å². The van der Waals surface area contributed by atoms with Crippen LogP contribution >= 0.6 is 0 Å². The fourth-order valence-corrected chi connectivity index (χ4v) is 3.12. The van der Waals surface area contributed by atoms with Crippen LogP contribution in [-0.2, 0) is 4.79 Å². The monoisotopic (exact) mass is 366 g/mol. The van der Waals surface area contributed by atoms with Crippen LogP contribution < -0.4 is 15.9 Å². The number of aromatic nitrogens is 3. The Morgan fingerprint density at radius 2 is 1.81 bits per heavy atom. The third kappa shape index (κ3) is 3.26. The minimum atomic E-state index is -0.798. The Morgan fingerprint density at radius 1 is 1.07 bits per heavy atom. The summed E-state index contributed by atoms with van der Waals surface area (Å²) in [5.74, 6) is 0.334. The molecule has 0 spiro atoms. The zero-order chi connectivity index (χ0) is 18.8. The molecular formula is C18H18N6O3. The molecule has 9 nitrogen and oxygen atoms in total. The van der Waals surface area contributed by atoms with E-state index in [9.17, 15) is 14.8 Å². The summed E-state index contributed by atoms with van der Waals surface area (Å²) in [6, 6.07) is 11.2. The van der Waals surface area contributed by atoms with Crippen molar-refractivity contribution in [2.45, 2.75) is 0 Å². The molecule has 1 aromatic carbocycles. The van der Waals surface area contributed by atoms with E-state index in [0.717, 1.165) is 30.9 Å². The fraction of sp³-hybridized carbons (Fsp3) is 0.222. The fourth-order valence-electron chi connectivity index (χ4n) is 3.12. The number of carbonyl (C=O) groups excluding carboxylic acids is 1.